The molecule has 0 unspecified atom stereocenters. The molecule has 0 aliphatic carbocycles. The Bertz CT molecular complexity index is 27.2. The molecule has 0 bridgehead atoms. The third kappa shape index (κ3) is 35.9. The van der Waals surface area contributed by atoms with Gasteiger partial charge in [-0.1, -0.05) is 11.8 Å². The van der Waals surface area contributed by atoms with Crippen molar-refractivity contribution < 1.29 is 3.07 Å². The van der Waals surface area contributed by atoms with E-state index in [2.05, 4.69) is 22.9 Å². The maximum absolute atomic E-state index is 6.36. The quantitative estimate of drug-likeness (QED) is 0.444. The van der Waals surface area contributed by atoms with E-state index in [-0.39, 0.29) is 26.6 Å². The Morgan fingerprint density at radius 2 is 2.17 bits per heavy atom. The summed E-state index contributed by atoms with van der Waals surface area (Å²) in [6.07, 6.45) is 0. The van der Waals surface area contributed by atoms with Gasteiger partial charge < -0.3 is 0 Å². The van der Waals surface area contributed by atoms with Gasteiger partial charge in [0, 0.05) is 26.6 Å². The summed E-state index contributed by atoms with van der Waals surface area (Å²) in [5.74, 6) is 0. The Morgan fingerprint density at radius 3 is 2.17 bits per heavy atom. The topological polar surface area (TPSA) is 9.23 Å². The second kappa shape index (κ2) is 27.5. The van der Waals surface area contributed by atoms with E-state index >= 15 is 0 Å². The Balaban J connectivity index is -0.0000000480. The van der Waals surface area contributed by atoms with E-state index in [1.807, 2.05) is 0 Å². The summed E-state index contributed by atoms with van der Waals surface area (Å²) in [6.45, 7) is 0. The van der Waals surface area contributed by atoms with Gasteiger partial charge in [0.2, 0.25) is 0 Å². The molecule has 0 spiro atoms. The number of hydrogen-bond acceptors (Lipinski definition) is 2. The summed E-state index contributed by atoms with van der Waals surface area (Å²) in [4.78, 5) is 0. The first-order chi connectivity index (χ1) is 2.91. The van der Waals surface area contributed by atoms with Gasteiger partial charge in [0.15, 0.2) is 0 Å². The van der Waals surface area contributed by atoms with Crippen LogP contribution in [0.2, 0.25) is 0 Å². The molecule has 1 nitrogen and oxygen atoms in total. The van der Waals surface area contributed by atoms with Crippen LogP contribution >= 0.6 is 30.8 Å². The molecule has 0 amide bonds. The van der Waals surface area contributed by atoms with E-state index in [1.165, 1.54) is 0 Å². The predicted octanol–water partition coefficient (Wildman–Crippen LogP) is 0.658. The van der Waals surface area contributed by atoms with E-state index in [0.29, 0.717) is 0 Å². The van der Waals surface area contributed by atoms with Crippen LogP contribution in [0.4, 0.5) is 0 Å². The molecule has 5 heteroatoms. The van der Waals surface area contributed by atoms with Crippen molar-refractivity contribution in [3.05, 3.63) is 0 Å². The maximum atomic E-state index is 6.36. The first kappa shape index (κ1) is 11.0. The van der Waals surface area contributed by atoms with Crippen LogP contribution in [0, 0.1) is 0 Å². The van der Waals surface area contributed by atoms with Crippen LogP contribution in [0.15, 0.2) is 0 Å². The minimum Gasteiger partial charge on any atom is 0 e. The zero-order chi connectivity index (χ0) is 5.41. The third-order valence-corrected chi connectivity index (χ3v) is 0. The predicted molar refractivity (Wildman–Crippen MR) is 45.3 cm³/mol. The van der Waals surface area contributed by atoms with Gasteiger partial charge in [0.25, 0.3) is 0 Å². The molecule has 0 heterocycles. The standard InChI is InChI=1S/CH5IO.HPS.Po/c1-3-2;1-2;/h2H2,1H3;1H;/i2D;;. The number of rotatable bonds is 1. The SMILES string of the molecule is P=S.[2H][IH]OC.[Po]. The molecule has 0 aromatic heterocycles. The molecule has 0 rings (SSSR count). The van der Waals surface area contributed by atoms with E-state index in [4.69, 9.17) is 0.594 Å². The third-order valence-electron chi connectivity index (χ3n) is 0. The number of hydrogen-bond donors (Lipinski definition) is 0. The minimum atomic E-state index is -0.768. The van der Waals surface area contributed by atoms with Crippen molar-refractivity contribution in [2.24, 2.45) is 0 Å². The molecular formula is CH6IOPPoS. The van der Waals surface area contributed by atoms with Gasteiger partial charge in [-0.3, -0.25) is 0 Å². The molecule has 6 heavy (non-hydrogen) atoms. The summed E-state index contributed by atoms with van der Waals surface area (Å²) >= 11 is 3.12. The van der Waals surface area contributed by atoms with Gasteiger partial charge in [-0.15, -0.1) is 0 Å². The molecule has 0 aliphatic heterocycles. The Morgan fingerprint density at radius 1 is 2.00 bits per heavy atom. The van der Waals surface area contributed by atoms with Crippen molar-refractivity contribution >= 4 is 69.2 Å². The van der Waals surface area contributed by atoms with Gasteiger partial charge in [0.05, 0.1) is 0 Å². The summed E-state index contributed by atoms with van der Waals surface area (Å²) < 4.78 is 10.7. The van der Waals surface area contributed by atoms with Crippen LogP contribution in [-0.2, 0) is 14.9 Å². The van der Waals surface area contributed by atoms with Crippen LogP contribution < -0.4 is 0 Å². The van der Waals surface area contributed by atoms with E-state index in [0.717, 1.165) is 0 Å². The van der Waals surface area contributed by atoms with Gasteiger partial charge in [0.1, 0.15) is 0 Å². The van der Waals surface area contributed by atoms with E-state index < -0.39 is 22.8 Å². The summed E-state index contributed by atoms with van der Waals surface area (Å²) in [6, 6.07) is 0. The smallest absolute Gasteiger partial charge is 0 e. The van der Waals surface area contributed by atoms with Gasteiger partial charge >= 0.3 is 33.6 Å². The second-order valence-electron chi connectivity index (χ2n) is 0.167. The van der Waals surface area contributed by atoms with Crippen molar-refractivity contribution in [3.63, 3.8) is 0 Å². The zero-order valence-electron chi connectivity index (χ0n) is 4.13. The van der Waals surface area contributed by atoms with Crippen molar-refractivity contribution in [1.82, 2.24) is 0 Å². The summed E-state index contributed by atoms with van der Waals surface area (Å²) in [5, 5.41) is 0. The molecule has 0 atom stereocenters. The molecule has 0 saturated heterocycles. The fraction of sp³-hybridized carbons (Fsp3) is 1.00. The fourth-order valence-electron chi connectivity index (χ4n) is 0. The average Bonchev–Trinajstić information content (AvgIpc) is 1.72. The maximum Gasteiger partial charge on any atom is 0 e. The summed E-state index contributed by atoms with van der Waals surface area (Å²) in [5.41, 5.74) is 0. The first-order valence-corrected chi connectivity index (χ1v) is 3.36. The molecule has 40 valence electrons. The summed E-state index contributed by atoms with van der Waals surface area (Å²) in [7, 11) is 4.11. The molecule has 0 aliphatic rings. The van der Waals surface area contributed by atoms with Crippen LogP contribution in [-0.4, -0.2) is 34.3 Å². The van der Waals surface area contributed by atoms with Gasteiger partial charge in [-0.25, -0.2) is 0 Å². The second-order valence-corrected chi connectivity index (χ2v) is 1.12. The molecule has 2 radical (unpaired) electrons. The van der Waals surface area contributed by atoms with Gasteiger partial charge in [-0.2, -0.15) is 0 Å². The van der Waals surface area contributed by atoms with Crippen LogP contribution in [0.3, 0.4) is 0 Å². The van der Waals surface area contributed by atoms with Crippen molar-refractivity contribution in [2.45, 2.75) is 0 Å². The molecular weight excluding hydrogens is 427 g/mol. The molecule has 0 N–H and O–H groups in total. The normalized spacial score (nSPS) is 6.50. The van der Waals surface area contributed by atoms with E-state index in [9.17, 15) is 0 Å². The molecule has 0 aromatic carbocycles. The van der Waals surface area contributed by atoms with Crippen molar-refractivity contribution in [2.75, 3.05) is 7.11 Å². The van der Waals surface area contributed by atoms with Crippen molar-refractivity contribution in [1.29, 1.82) is 0.594 Å². The Kier molecular flexibility index (Phi) is 50.2. The average molecular weight is 434 g/mol. The van der Waals surface area contributed by atoms with Gasteiger partial charge in [-0.05, 0) is 8.02 Å². The van der Waals surface area contributed by atoms with Crippen LogP contribution in [0.5, 0.6) is 0 Å². The van der Waals surface area contributed by atoms with Crippen LogP contribution in [0.1, 0.15) is 0 Å². The first-order valence-electron chi connectivity index (χ1n) is 1.19. The largest absolute Gasteiger partial charge is 0 e. The number of halogens is 1. The monoisotopic (exact) mass is 434 g/mol. The van der Waals surface area contributed by atoms with Crippen LogP contribution in [0.25, 0.3) is 0 Å². The Hall–Kier alpha value is 2.11. The molecule has 0 aromatic rings. The Labute approximate surface area is 79.1 Å². The zero-order valence-corrected chi connectivity index (χ0v) is 10.5. The van der Waals surface area contributed by atoms with E-state index in [1.54, 1.807) is 7.11 Å². The molecule has 0 fully saturated rings. The fourth-order valence-corrected chi connectivity index (χ4v) is 0. The minimum absolute atomic E-state index is 0. The molecule has 0 saturated carbocycles. The van der Waals surface area contributed by atoms with Crippen molar-refractivity contribution in [3.8, 4) is 0 Å².